The van der Waals surface area contributed by atoms with E-state index in [0.717, 1.165) is 12.1 Å². The summed E-state index contributed by atoms with van der Waals surface area (Å²) in [6, 6.07) is 3.76. The van der Waals surface area contributed by atoms with Crippen LogP contribution >= 0.6 is 0 Å². The van der Waals surface area contributed by atoms with Crippen LogP contribution in [0.4, 0.5) is 17.6 Å². The number of carboxylic acid groups (broad SMARTS) is 1. The SMILES string of the molecule is CN(CCC(F)(F)F)Cc1ccc(F)cc1C=CC(=O)O. The molecule has 1 aromatic rings. The second-order valence-corrected chi connectivity index (χ2v) is 4.62. The highest BCUT2D eigenvalue weighted by atomic mass is 19.4. The van der Waals surface area contributed by atoms with Crippen LogP contribution in [0.25, 0.3) is 6.08 Å². The zero-order chi connectivity index (χ0) is 16.0. The van der Waals surface area contributed by atoms with Crippen molar-refractivity contribution in [1.82, 2.24) is 4.90 Å². The molecule has 0 atom stereocenters. The van der Waals surface area contributed by atoms with E-state index in [-0.39, 0.29) is 13.1 Å². The van der Waals surface area contributed by atoms with Gasteiger partial charge in [-0.05, 0) is 36.4 Å². The van der Waals surface area contributed by atoms with Gasteiger partial charge in [-0.1, -0.05) is 6.07 Å². The molecule has 1 N–H and O–H groups in total. The number of hydrogen-bond acceptors (Lipinski definition) is 2. The minimum absolute atomic E-state index is 0.162. The number of halogens is 4. The van der Waals surface area contributed by atoms with Crippen LogP contribution in [-0.4, -0.2) is 35.7 Å². The number of carboxylic acids is 1. The van der Waals surface area contributed by atoms with Crippen molar-refractivity contribution in [3.8, 4) is 0 Å². The van der Waals surface area contributed by atoms with Gasteiger partial charge in [0.1, 0.15) is 5.82 Å². The zero-order valence-corrected chi connectivity index (χ0v) is 11.3. The third kappa shape index (κ3) is 6.89. The highest BCUT2D eigenvalue weighted by Crippen LogP contribution is 2.21. The van der Waals surface area contributed by atoms with E-state index in [0.29, 0.717) is 11.1 Å². The van der Waals surface area contributed by atoms with Crippen molar-refractivity contribution in [3.63, 3.8) is 0 Å². The van der Waals surface area contributed by atoms with Gasteiger partial charge in [-0.15, -0.1) is 0 Å². The summed E-state index contributed by atoms with van der Waals surface area (Å²) < 4.78 is 49.6. The van der Waals surface area contributed by atoms with E-state index in [1.165, 1.54) is 30.2 Å². The van der Waals surface area contributed by atoms with Gasteiger partial charge in [0.15, 0.2) is 0 Å². The molecule has 21 heavy (non-hydrogen) atoms. The molecule has 0 aromatic heterocycles. The van der Waals surface area contributed by atoms with E-state index in [1.807, 2.05) is 0 Å². The fourth-order valence-electron chi connectivity index (χ4n) is 1.71. The van der Waals surface area contributed by atoms with E-state index in [4.69, 9.17) is 5.11 Å². The molecule has 1 rings (SSSR count). The van der Waals surface area contributed by atoms with Gasteiger partial charge < -0.3 is 10.0 Å². The molecule has 0 saturated carbocycles. The van der Waals surface area contributed by atoms with Crippen LogP contribution in [0.15, 0.2) is 24.3 Å². The summed E-state index contributed by atoms with van der Waals surface area (Å²) in [4.78, 5) is 11.9. The average molecular weight is 305 g/mol. The minimum Gasteiger partial charge on any atom is -0.478 e. The summed E-state index contributed by atoms with van der Waals surface area (Å²) in [6.07, 6.45) is -3.10. The van der Waals surface area contributed by atoms with Crippen molar-refractivity contribution in [2.75, 3.05) is 13.6 Å². The molecule has 0 aliphatic rings. The monoisotopic (exact) mass is 305 g/mol. The number of alkyl halides is 3. The fourth-order valence-corrected chi connectivity index (χ4v) is 1.71. The Labute approximate surface area is 119 Å². The largest absolute Gasteiger partial charge is 0.478 e. The first-order chi connectivity index (χ1) is 9.67. The van der Waals surface area contributed by atoms with Gasteiger partial charge in [0.05, 0.1) is 6.42 Å². The number of hydrogen-bond donors (Lipinski definition) is 1. The molecule has 1 aromatic carbocycles. The van der Waals surface area contributed by atoms with Gasteiger partial charge in [-0.25, -0.2) is 9.18 Å². The van der Waals surface area contributed by atoms with Gasteiger partial charge in [-0.2, -0.15) is 13.2 Å². The summed E-state index contributed by atoms with van der Waals surface area (Å²) in [5.41, 5.74) is 0.884. The average Bonchev–Trinajstić information content (AvgIpc) is 2.36. The molecule has 0 aliphatic carbocycles. The Bertz CT molecular complexity index is 526. The summed E-state index contributed by atoms with van der Waals surface area (Å²) in [7, 11) is 1.51. The lowest BCUT2D eigenvalue weighted by Gasteiger charge is -2.19. The lowest BCUT2D eigenvalue weighted by molar-refractivity contribution is -0.137. The first-order valence-electron chi connectivity index (χ1n) is 6.12. The maximum absolute atomic E-state index is 13.2. The molecule has 0 aliphatic heterocycles. The maximum atomic E-state index is 13.2. The Hall–Kier alpha value is -1.89. The number of aliphatic carboxylic acids is 1. The lowest BCUT2D eigenvalue weighted by Crippen LogP contribution is -2.24. The quantitative estimate of drug-likeness (QED) is 0.647. The summed E-state index contributed by atoms with van der Waals surface area (Å²) in [5.74, 6) is -1.72. The molecular weight excluding hydrogens is 290 g/mol. The van der Waals surface area contributed by atoms with E-state index in [2.05, 4.69) is 0 Å². The Morgan fingerprint density at radius 2 is 2.05 bits per heavy atom. The van der Waals surface area contributed by atoms with E-state index < -0.39 is 24.4 Å². The third-order valence-electron chi connectivity index (χ3n) is 2.73. The fraction of sp³-hybridized carbons (Fsp3) is 0.357. The van der Waals surface area contributed by atoms with E-state index in [1.54, 1.807) is 0 Å². The van der Waals surface area contributed by atoms with Crippen molar-refractivity contribution in [2.45, 2.75) is 19.1 Å². The second kappa shape index (κ2) is 7.21. The minimum atomic E-state index is -4.23. The van der Waals surface area contributed by atoms with Crippen LogP contribution in [0.1, 0.15) is 17.5 Å². The molecule has 0 heterocycles. The summed E-state index contributed by atoms with van der Waals surface area (Å²) in [6.45, 7) is -0.0292. The Balaban J connectivity index is 2.80. The van der Waals surface area contributed by atoms with Crippen molar-refractivity contribution >= 4 is 12.0 Å². The molecule has 0 radical (unpaired) electrons. The van der Waals surface area contributed by atoms with E-state index >= 15 is 0 Å². The molecule has 0 unspecified atom stereocenters. The second-order valence-electron chi connectivity index (χ2n) is 4.62. The topological polar surface area (TPSA) is 40.5 Å². The molecule has 116 valence electrons. The van der Waals surface area contributed by atoms with Crippen LogP contribution in [-0.2, 0) is 11.3 Å². The molecule has 0 bridgehead atoms. The van der Waals surface area contributed by atoms with Gasteiger partial charge in [0.2, 0.25) is 0 Å². The molecular formula is C14H15F4NO2. The van der Waals surface area contributed by atoms with Crippen LogP contribution in [0.5, 0.6) is 0 Å². The Morgan fingerprint density at radius 1 is 1.38 bits per heavy atom. The molecule has 0 fully saturated rings. The van der Waals surface area contributed by atoms with Crippen molar-refractivity contribution in [1.29, 1.82) is 0 Å². The van der Waals surface area contributed by atoms with Crippen LogP contribution in [0.3, 0.4) is 0 Å². The van der Waals surface area contributed by atoms with Crippen LogP contribution in [0, 0.1) is 5.82 Å². The van der Waals surface area contributed by atoms with Gasteiger partial charge in [0.25, 0.3) is 0 Å². The molecule has 0 saturated heterocycles. The molecule has 0 spiro atoms. The summed E-state index contributed by atoms with van der Waals surface area (Å²) in [5, 5.41) is 8.57. The van der Waals surface area contributed by atoms with Crippen LogP contribution < -0.4 is 0 Å². The van der Waals surface area contributed by atoms with Gasteiger partial charge in [-0.3, -0.25) is 0 Å². The zero-order valence-electron chi connectivity index (χ0n) is 11.3. The molecule has 3 nitrogen and oxygen atoms in total. The van der Waals surface area contributed by atoms with Crippen molar-refractivity contribution in [2.24, 2.45) is 0 Å². The van der Waals surface area contributed by atoms with E-state index in [9.17, 15) is 22.4 Å². The number of nitrogens with zero attached hydrogens (tertiary/aromatic N) is 1. The molecule has 0 amide bonds. The standard InChI is InChI=1S/C14H15F4NO2/c1-19(7-6-14(16,17)18)9-11-2-4-12(15)8-10(11)3-5-13(20)21/h2-5,8H,6-7,9H2,1H3,(H,20,21). The van der Waals surface area contributed by atoms with Gasteiger partial charge >= 0.3 is 12.1 Å². The Morgan fingerprint density at radius 3 is 2.62 bits per heavy atom. The predicted octanol–water partition coefficient (Wildman–Crippen LogP) is 3.31. The normalized spacial score (nSPS) is 12.3. The summed E-state index contributed by atoms with van der Waals surface area (Å²) >= 11 is 0. The predicted molar refractivity (Wildman–Crippen MR) is 70.1 cm³/mol. The van der Waals surface area contributed by atoms with Crippen molar-refractivity contribution in [3.05, 3.63) is 41.2 Å². The third-order valence-corrected chi connectivity index (χ3v) is 2.73. The van der Waals surface area contributed by atoms with Crippen molar-refractivity contribution < 1.29 is 27.5 Å². The lowest BCUT2D eigenvalue weighted by atomic mass is 10.1. The maximum Gasteiger partial charge on any atom is 0.390 e. The highest BCUT2D eigenvalue weighted by Gasteiger charge is 2.27. The smallest absolute Gasteiger partial charge is 0.390 e. The Kier molecular flexibility index (Phi) is 5.90. The first-order valence-corrected chi connectivity index (χ1v) is 6.12. The highest BCUT2D eigenvalue weighted by molar-refractivity contribution is 5.85. The molecule has 7 heteroatoms. The number of carbonyl (C=O) groups is 1. The number of benzene rings is 1. The first kappa shape index (κ1) is 17.2. The van der Waals surface area contributed by atoms with Crippen LogP contribution in [0.2, 0.25) is 0 Å². The number of rotatable bonds is 6. The van der Waals surface area contributed by atoms with Gasteiger partial charge in [0, 0.05) is 19.2 Å².